The van der Waals surface area contributed by atoms with Gasteiger partial charge in [0.2, 0.25) is 11.8 Å². The van der Waals surface area contributed by atoms with Crippen LogP contribution in [0.1, 0.15) is 25.8 Å². The number of likely N-dealkylation sites (N-methyl/N-ethyl adjacent to an activating group) is 1. The van der Waals surface area contributed by atoms with Crippen LogP contribution < -0.4 is 5.73 Å². The van der Waals surface area contributed by atoms with Gasteiger partial charge in [-0.1, -0.05) is 30.3 Å². The van der Waals surface area contributed by atoms with E-state index in [1.165, 1.54) is 4.90 Å². The Kier molecular flexibility index (Phi) is 5.06. The molecular formula is C14H20N2O3. The molecule has 0 aliphatic carbocycles. The van der Waals surface area contributed by atoms with Gasteiger partial charge >= 0.3 is 0 Å². The molecule has 19 heavy (non-hydrogen) atoms. The Morgan fingerprint density at radius 3 is 2.37 bits per heavy atom. The Bertz CT molecular complexity index is 443. The fourth-order valence-corrected chi connectivity index (χ4v) is 1.87. The molecule has 0 unspecified atom stereocenters. The SMILES string of the molecule is CCN(CC(N)=O)C(=O)C[C@@](C)(O)c1ccccc1. The first-order valence-electron chi connectivity index (χ1n) is 6.21. The maximum absolute atomic E-state index is 12.1. The smallest absolute Gasteiger partial charge is 0.237 e. The molecule has 0 saturated carbocycles. The molecule has 0 aliphatic rings. The van der Waals surface area contributed by atoms with Crippen LogP contribution in [-0.2, 0) is 15.2 Å². The maximum Gasteiger partial charge on any atom is 0.237 e. The molecule has 0 bridgehead atoms. The summed E-state index contributed by atoms with van der Waals surface area (Å²) < 4.78 is 0. The number of benzene rings is 1. The van der Waals surface area contributed by atoms with Crippen LogP contribution in [0.4, 0.5) is 0 Å². The minimum Gasteiger partial charge on any atom is -0.385 e. The largest absolute Gasteiger partial charge is 0.385 e. The molecule has 0 heterocycles. The molecule has 2 amide bonds. The van der Waals surface area contributed by atoms with Crippen molar-refractivity contribution in [2.45, 2.75) is 25.9 Å². The lowest BCUT2D eigenvalue weighted by molar-refractivity contribution is -0.139. The third-order valence-corrected chi connectivity index (χ3v) is 2.97. The van der Waals surface area contributed by atoms with E-state index in [1.807, 2.05) is 6.07 Å². The van der Waals surface area contributed by atoms with E-state index in [2.05, 4.69) is 0 Å². The molecule has 1 atom stereocenters. The number of rotatable bonds is 6. The van der Waals surface area contributed by atoms with Crippen LogP contribution in [0.5, 0.6) is 0 Å². The average Bonchev–Trinajstić information content (AvgIpc) is 2.36. The Balaban J connectivity index is 2.77. The zero-order valence-corrected chi connectivity index (χ0v) is 11.3. The number of hydrogen-bond donors (Lipinski definition) is 2. The van der Waals surface area contributed by atoms with Crippen molar-refractivity contribution in [2.24, 2.45) is 5.73 Å². The molecule has 1 aromatic rings. The highest BCUT2D eigenvalue weighted by molar-refractivity contribution is 5.84. The standard InChI is InChI=1S/C14H20N2O3/c1-3-16(10-12(15)17)13(18)9-14(2,19)11-7-5-4-6-8-11/h4-8,19H,3,9-10H2,1-2H3,(H2,15,17)/t14-/m1/s1. The van der Waals surface area contributed by atoms with Crippen LogP contribution >= 0.6 is 0 Å². The Labute approximate surface area is 113 Å². The Morgan fingerprint density at radius 1 is 1.32 bits per heavy atom. The number of nitrogens with zero attached hydrogens (tertiary/aromatic N) is 1. The second-order valence-corrected chi connectivity index (χ2v) is 4.69. The van der Waals surface area contributed by atoms with Crippen molar-refractivity contribution in [3.05, 3.63) is 35.9 Å². The van der Waals surface area contributed by atoms with Crippen LogP contribution in [-0.4, -0.2) is 34.9 Å². The minimum absolute atomic E-state index is 0.0852. The predicted octanol–water partition coefficient (Wildman–Crippen LogP) is 0.618. The van der Waals surface area contributed by atoms with E-state index in [0.29, 0.717) is 12.1 Å². The van der Waals surface area contributed by atoms with Gasteiger partial charge in [-0.3, -0.25) is 9.59 Å². The molecule has 0 saturated heterocycles. The summed E-state index contributed by atoms with van der Waals surface area (Å²) in [7, 11) is 0. The van der Waals surface area contributed by atoms with E-state index in [-0.39, 0.29) is 18.9 Å². The molecule has 0 aromatic heterocycles. The van der Waals surface area contributed by atoms with Gasteiger partial charge in [-0.05, 0) is 19.4 Å². The molecule has 5 heteroatoms. The van der Waals surface area contributed by atoms with E-state index in [0.717, 1.165) is 0 Å². The highest BCUT2D eigenvalue weighted by Gasteiger charge is 2.28. The molecule has 1 aromatic carbocycles. The third kappa shape index (κ3) is 4.37. The van der Waals surface area contributed by atoms with Crippen LogP contribution in [0.25, 0.3) is 0 Å². The highest BCUT2D eigenvalue weighted by atomic mass is 16.3. The lowest BCUT2D eigenvalue weighted by Crippen LogP contribution is -2.41. The molecule has 0 fully saturated rings. The summed E-state index contributed by atoms with van der Waals surface area (Å²) in [4.78, 5) is 24.3. The van der Waals surface area contributed by atoms with Crippen molar-refractivity contribution in [2.75, 3.05) is 13.1 Å². The fraction of sp³-hybridized carbons (Fsp3) is 0.429. The lowest BCUT2D eigenvalue weighted by Gasteiger charge is -2.27. The number of primary amides is 1. The summed E-state index contributed by atoms with van der Waals surface area (Å²) in [6.07, 6.45) is -0.0852. The molecular weight excluding hydrogens is 244 g/mol. The van der Waals surface area contributed by atoms with E-state index in [1.54, 1.807) is 38.1 Å². The quantitative estimate of drug-likeness (QED) is 0.790. The van der Waals surface area contributed by atoms with Gasteiger partial charge < -0.3 is 15.7 Å². The number of aliphatic hydroxyl groups is 1. The van der Waals surface area contributed by atoms with Crippen LogP contribution in [0.15, 0.2) is 30.3 Å². The summed E-state index contributed by atoms with van der Waals surface area (Å²) in [6, 6.07) is 8.96. The Morgan fingerprint density at radius 2 is 1.89 bits per heavy atom. The van der Waals surface area contributed by atoms with Crippen molar-refractivity contribution in [3.8, 4) is 0 Å². The van der Waals surface area contributed by atoms with Gasteiger partial charge in [-0.15, -0.1) is 0 Å². The van der Waals surface area contributed by atoms with Gasteiger partial charge in [0.05, 0.1) is 18.6 Å². The van der Waals surface area contributed by atoms with E-state index in [4.69, 9.17) is 5.73 Å². The van der Waals surface area contributed by atoms with Crippen LogP contribution in [0, 0.1) is 0 Å². The molecule has 104 valence electrons. The lowest BCUT2D eigenvalue weighted by atomic mass is 9.92. The van der Waals surface area contributed by atoms with Crippen molar-refractivity contribution in [3.63, 3.8) is 0 Å². The fourth-order valence-electron chi connectivity index (χ4n) is 1.87. The monoisotopic (exact) mass is 264 g/mol. The van der Waals surface area contributed by atoms with Crippen molar-refractivity contribution in [1.29, 1.82) is 0 Å². The normalized spacial score (nSPS) is 13.6. The van der Waals surface area contributed by atoms with E-state index >= 15 is 0 Å². The van der Waals surface area contributed by atoms with Crippen LogP contribution in [0.3, 0.4) is 0 Å². The summed E-state index contributed by atoms with van der Waals surface area (Å²) in [5.41, 5.74) is 4.49. The van der Waals surface area contributed by atoms with Gasteiger partial charge in [0.1, 0.15) is 0 Å². The number of carbonyl (C=O) groups is 2. The van der Waals surface area contributed by atoms with E-state index in [9.17, 15) is 14.7 Å². The molecule has 5 nitrogen and oxygen atoms in total. The van der Waals surface area contributed by atoms with Crippen molar-refractivity contribution >= 4 is 11.8 Å². The maximum atomic E-state index is 12.1. The number of amides is 2. The first-order chi connectivity index (χ1) is 8.86. The second-order valence-electron chi connectivity index (χ2n) is 4.69. The van der Waals surface area contributed by atoms with Gasteiger partial charge in [0, 0.05) is 6.54 Å². The minimum atomic E-state index is -1.26. The summed E-state index contributed by atoms with van der Waals surface area (Å²) in [5, 5.41) is 10.4. The first kappa shape index (κ1) is 15.2. The number of nitrogens with two attached hydrogens (primary N) is 1. The predicted molar refractivity (Wildman–Crippen MR) is 72.1 cm³/mol. The first-order valence-corrected chi connectivity index (χ1v) is 6.21. The Hall–Kier alpha value is -1.88. The van der Waals surface area contributed by atoms with Crippen molar-refractivity contribution in [1.82, 2.24) is 4.90 Å². The van der Waals surface area contributed by atoms with Gasteiger partial charge in [-0.25, -0.2) is 0 Å². The number of hydrogen-bond acceptors (Lipinski definition) is 3. The van der Waals surface area contributed by atoms with Gasteiger partial charge in [-0.2, -0.15) is 0 Å². The topological polar surface area (TPSA) is 83.6 Å². The molecule has 0 radical (unpaired) electrons. The second kappa shape index (κ2) is 6.33. The average molecular weight is 264 g/mol. The zero-order chi connectivity index (χ0) is 14.5. The van der Waals surface area contributed by atoms with Gasteiger partial charge in [0.25, 0.3) is 0 Å². The van der Waals surface area contributed by atoms with Crippen LogP contribution in [0.2, 0.25) is 0 Å². The zero-order valence-electron chi connectivity index (χ0n) is 11.3. The summed E-state index contributed by atoms with van der Waals surface area (Å²) >= 11 is 0. The summed E-state index contributed by atoms with van der Waals surface area (Å²) in [6.45, 7) is 3.60. The molecule has 0 spiro atoms. The molecule has 3 N–H and O–H groups in total. The summed E-state index contributed by atoms with van der Waals surface area (Å²) in [5.74, 6) is -0.857. The highest BCUT2D eigenvalue weighted by Crippen LogP contribution is 2.24. The van der Waals surface area contributed by atoms with Gasteiger partial charge in [0.15, 0.2) is 0 Å². The molecule has 0 aliphatic heterocycles. The number of carbonyl (C=O) groups excluding carboxylic acids is 2. The van der Waals surface area contributed by atoms with Crippen molar-refractivity contribution < 1.29 is 14.7 Å². The van der Waals surface area contributed by atoms with E-state index < -0.39 is 11.5 Å². The third-order valence-electron chi connectivity index (χ3n) is 2.97. The molecule has 1 rings (SSSR count).